The van der Waals surface area contributed by atoms with E-state index < -0.39 is 7.26 Å². The van der Waals surface area contributed by atoms with Gasteiger partial charge in [0.25, 0.3) is 0 Å². The van der Waals surface area contributed by atoms with Gasteiger partial charge in [-0.25, -0.2) is 0 Å². The maximum atomic E-state index is 3.60. The van der Waals surface area contributed by atoms with Gasteiger partial charge in [-0.1, -0.05) is 0 Å². The maximum absolute atomic E-state index is 3.60. The molecule has 0 aliphatic rings. The molecule has 2 heteroatoms. The first-order chi connectivity index (χ1) is 15.2. The van der Waals surface area contributed by atoms with Crippen LogP contribution in [-0.2, 0) is 17.9 Å². The Kier molecular flexibility index (Phi) is 8.77. The van der Waals surface area contributed by atoms with Crippen LogP contribution in [0.25, 0.3) is 0 Å². The van der Waals surface area contributed by atoms with E-state index in [0.717, 1.165) is 0 Å². The van der Waals surface area contributed by atoms with E-state index in [4.69, 9.17) is 0 Å². The van der Waals surface area contributed by atoms with Gasteiger partial charge in [0, 0.05) is 0 Å². The van der Waals surface area contributed by atoms with E-state index >= 15 is 0 Å². The molecule has 0 aliphatic carbocycles. The molecule has 0 fully saturated rings. The summed E-state index contributed by atoms with van der Waals surface area (Å²) in [7, 11) is -2.06. The molecule has 0 atom stereocenters. The van der Waals surface area contributed by atoms with Gasteiger partial charge in [0.05, 0.1) is 0 Å². The first-order valence-corrected chi connectivity index (χ1v) is 13.4. The molecule has 0 saturated heterocycles. The molecule has 0 radical (unpaired) electrons. The van der Waals surface area contributed by atoms with Crippen LogP contribution in [0.3, 0.4) is 0 Å². The summed E-state index contributed by atoms with van der Waals surface area (Å²) >= 11 is 1.80. The standard InChI is InChI=1S/C29H27P.Os/c1-25(2)17-9-4-5-10-18-26(3)30(27-19-11-6-12-20-27,28-21-13-7-14-22-28)29-23-15-8-16-24-29;/h4-24H,1-2H3;/q+1;/b9-4?,10-5?,26-18+;. The fraction of sp³-hybridized carbons (Fsp3) is 0.0690. The Morgan fingerprint density at radius 2 is 1.00 bits per heavy atom. The van der Waals surface area contributed by atoms with Gasteiger partial charge in [0.15, 0.2) is 0 Å². The van der Waals surface area contributed by atoms with Crippen LogP contribution in [0.15, 0.2) is 138 Å². The Morgan fingerprint density at radius 3 is 1.35 bits per heavy atom. The normalized spacial score (nSPS) is 12.1. The third kappa shape index (κ3) is 5.59. The molecule has 0 saturated carbocycles. The molecule has 0 N–H and O–H groups in total. The molecule has 0 nitrogen and oxygen atoms in total. The molecule has 3 rings (SSSR count). The second-order valence-electron chi connectivity index (χ2n) is 7.33. The fourth-order valence-electron chi connectivity index (χ4n) is 3.54. The van der Waals surface area contributed by atoms with Crippen molar-refractivity contribution in [1.82, 2.24) is 0 Å². The van der Waals surface area contributed by atoms with Gasteiger partial charge in [-0.2, -0.15) is 0 Å². The van der Waals surface area contributed by atoms with Crippen molar-refractivity contribution in [3.8, 4) is 4.37 Å². The van der Waals surface area contributed by atoms with Crippen LogP contribution in [0.1, 0.15) is 13.8 Å². The molecule has 0 aromatic heterocycles. The summed E-state index contributed by atoms with van der Waals surface area (Å²) in [5.41, 5.74) is 1.29. The molecule has 3 aromatic carbocycles. The van der Waals surface area contributed by atoms with Crippen molar-refractivity contribution in [2.24, 2.45) is 0 Å². The minimum absolute atomic E-state index is 1.24. The number of hydrogen-bond acceptors (Lipinski definition) is 0. The average molecular weight is 597 g/mol. The van der Waals surface area contributed by atoms with E-state index in [-0.39, 0.29) is 0 Å². The van der Waals surface area contributed by atoms with Crippen molar-refractivity contribution in [2.75, 3.05) is 0 Å². The minimum atomic E-state index is -2.06. The van der Waals surface area contributed by atoms with Crippen molar-refractivity contribution in [1.29, 1.82) is 0 Å². The third-order valence-corrected chi connectivity index (χ3v) is 10.3. The molecule has 0 amide bonds. The molecular weight excluding hydrogens is 570 g/mol. The van der Waals surface area contributed by atoms with E-state index in [1.54, 1.807) is 17.9 Å². The zero-order valence-corrected chi connectivity index (χ0v) is 21.4. The Balaban J connectivity index is 2.25. The van der Waals surface area contributed by atoms with Crippen molar-refractivity contribution < 1.29 is 17.9 Å². The number of rotatable bonds is 7. The van der Waals surface area contributed by atoms with Crippen LogP contribution < -0.4 is 15.9 Å². The summed E-state index contributed by atoms with van der Waals surface area (Å²) in [6.45, 7) is 4.21. The van der Waals surface area contributed by atoms with Crippen LogP contribution in [0, 0.1) is 4.37 Å². The molecule has 0 unspecified atom stereocenters. The van der Waals surface area contributed by atoms with Gasteiger partial charge in [0.2, 0.25) is 0 Å². The van der Waals surface area contributed by atoms with Crippen LogP contribution in [0.5, 0.6) is 0 Å². The summed E-state index contributed by atoms with van der Waals surface area (Å²) in [6.07, 6.45) is 12.7. The van der Waals surface area contributed by atoms with E-state index in [1.807, 2.05) is 0 Å². The van der Waals surface area contributed by atoms with Crippen LogP contribution in [0.4, 0.5) is 0 Å². The molecular formula is C29H27OsP+. The Bertz CT molecular complexity index is 1030. The Hall–Kier alpha value is -2.53. The molecule has 0 heterocycles. The summed E-state index contributed by atoms with van der Waals surface area (Å²) in [5, 5.41) is 5.25. The quantitative estimate of drug-likeness (QED) is 0.217. The average Bonchev–Trinajstić information content (AvgIpc) is 2.82. The van der Waals surface area contributed by atoms with Crippen LogP contribution in [0.2, 0.25) is 0 Å². The molecule has 3 aromatic rings. The predicted molar refractivity (Wildman–Crippen MR) is 135 cm³/mol. The monoisotopic (exact) mass is 598 g/mol. The van der Waals surface area contributed by atoms with Gasteiger partial charge in [0.1, 0.15) is 0 Å². The summed E-state index contributed by atoms with van der Waals surface area (Å²) in [5.74, 6) is 0. The Labute approximate surface area is 197 Å². The summed E-state index contributed by atoms with van der Waals surface area (Å²) < 4.78 is 3.60. The van der Waals surface area contributed by atoms with Crippen molar-refractivity contribution in [2.45, 2.75) is 13.8 Å². The second-order valence-corrected chi connectivity index (χ2v) is 11.3. The topological polar surface area (TPSA) is 0 Å². The van der Waals surface area contributed by atoms with Gasteiger partial charge >= 0.3 is 198 Å². The fourth-order valence-corrected chi connectivity index (χ4v) is 9.05. The Morgan fingerprint density at radius 1 is 0.613 bits per heavy atom. The molecule has 0 spiro atoms. The van der Waals surface area contributed by atoms with E-state index in [1.165, 1.54) is 26.8 Å². The van der Waals surface area contributed by atoms with Gasteiger partial charge in [-0.3, -0.25) is 0 Å². The van der Waals surface area contributed by atoms with E-state index in [9.17, 15) is 0 Å². The molecule has 0 aliphatic heterocycles. The molecule has 0 bridgehead atoms. The summed E-state index contributed by atoms with van der Waals surface area (Å²) in [6, 6.07) is 32.7. The van der Waals surface area contributed by atoms with Gasteiger partial charge < -0.3 is 0 Å². The summed E-state index contributed by atoms with van der Waals surface area (Å²) in [4.78, 5) is 0. The van der Waals surface area contributed by atoms with Crippen molar-refractivity contribution >= 4 is 23.2 Å². The van der Waals surface area contributed by atoms with E-state index in [0.29, 0.717) is 0 Å². The van der Waals surface area contributed by atoms with Crippen molar-refractivity contribution in [3.63, 3.8) is 0 Å². The molecule has 31 heavy (non-hydrogen) atoms. The van der Waals surface area contributed by atoms with E-state index in [2.05, 4.69) is 146 Å². The van der Waals surface area contributed by atoms with Crippen LogP contribution in [-0.4, -0.2) is 0 Å². The third-order valence-electron chi connectivity index (χ3n) is 4.90. The number of benzene rings is 3. The van der Waals surface area contributed by atoms with Crippen LogP contribution >= 0.6 is 7.26 Å². The van der Waals surface area contributed by atoms with Gasteiger partial charge in [-0.05, 0) is 0 Å². The first-order valence-electron chi connectivity index (χ1n) is 10.3. The first kappa shape index (κ1) is 23.1. The number of allylic oxidation sites excluding steroid dienone is 8. The zero-order valence-electron chi connectivity index (χ0n) is 17.9. The zero-order chi connectivity index (χ0) is 21.9. The number of hydrogen-bond donors (Lipinski definition) is 0. The van der Waals surface area contributed by atoms with Crippen molar-refractivity contribution in [3.05, 3.63) is 138 Å². The van der Waals surface area contributed by atoms with Gasteiger partial charge in [-0.15, -0.1) is 0 Å². The predicted octanol–water partition coefficient (Wildman–Crippen LogP) is 6.45. The SMILES string of the molecule is CC(C)=CC=CC=C/C=C(\[C]#[Os])[P+](c1ccccc1)(c1ccccc1)c1ccccc1. The molecule has 155 valence electrons. The second kappa shape index (κ2) is 11.7.